The number of aromatic nitrogens is 1. The van der Waals surface area contributed by atoms with Gasteiger partial charge in [-0.05, 0) is 42.8 Å². The first kappa shape index (κ1) is 16.8. The molecule has 0 saturated carbocycles. The Morgan fingerprint density at radius 3 is 2.59 bits per heavy atom. The monoisotopic (exact) mass is 364 g/mol. The summed E-state index contributed by atoms with van der Waals surface area (Å²) in [7, 11) is 3.67. The molecule has 1 aromatic carbocycles. The quantitative estimate of drug-likeness (QED) is 0.705. The summed E-state index contributed by atoms with van der Waals surface area (Å²) in [5.74, 6) is 0.0461. The second-order valence-corrected chi connectivity index (χ2v) is 6.11. The summed E-state index contributed by atoms with van der Waals surface area (Å²) in [6.07, 6.45) is 2.82. The third kappa shape index (κ3) is 4.45. The SMILES string of the molecule is COCCCN(Cc1cccn1C)C(=O)c1ccc(Br)cc1. The Morgan fingerprint density at radius 1 is 1.27 bits per heavy atom. The molecule has 22 heavy (non-hydrogen) atoms. The van der Waals surface area contributed by atoms with E-state index in [1.807, 2.05) is 59.1 Å². The van der Waals surface area contributed by atoms with E-state index < -0.39 is 0 Å². The number of amides is 1. The van der Waals surface area contributed by atoms with Gasteiger partial charge in [-0.2, -0.15) is 0 Å². The molecular weight excluding hydrogens is 344 g/mol. The van der Waals surface area contributed by atoms with Crippen LogP contribution < -0.4 is 0 Å². The van der Waals surface area contributed by atoms with Crippen LogP contribution in [0.2, 0.25) is 0 Å². The average molecular weight is 365 g/mol. The van der Waals surface area contributed by atoms with Gasteiger partial charge in [-0.1, -0.05) is 15.9 Å². The second-order valence-electron chi connectivity index (χ2n) is 5.19. The lowest BCUT2D eigenvalue weighted by Crippen LogP contribution is -2.32. The number of nitrogens with zero attached hydrogens (tertiary/aromatic N) is 2. The van der Waals surface area contributed by atoms with Crippen molar-refractivity contribution in [1.82, 2.24) is 9.47 Å². The molecule has 0 unspecified atom stereocenters. The van der Waals surface area contributed by atoms with Crippen molar-refractivity contribution in [2.75, 3.05) is 20.3 Å². The standard InChI is InChI=1S/C17H21BrN2O2/c1-19-10-3-5-16(19)13-20(11-4-12-22-2)17(21)14-6-8-15(18)9-7-14/h3,5-10H,4,11-13H2,1-2H3. The Labute approximate surface area is 139 Å². The van der Waals surface area contributed by atoms with Gasteiger partial charge in [-0.15, -0.1) is 0 Å². The lowest BCUT2D eigenvalue weighted by atomic mass is 10.2. The van der Waals surface area contributed by atoms with Crippen molar-refractivity contribution in [3.8, 4) is 0 Å². The Morgan fingerprint density at radius 2 is 2.00 bits per heavy atom. The van der Waals surface area contributed by atoms with E-state index in [4.69, 9.17) is 4.74 Å². The van der Waals surface area contributed by atoms with Crippen LogP contribution in [0.3, 0.4) is 0 Å². The summed E-state index contributed by atoms with van der Waals surface area (Å²) in [5.41, 5.74) is 1.82. The third-order valence-electron chi connectivity index (χ3n) is 3.56. The fraction of sp³-hybridized carbons (Fsp3) is 0.353. The van der Waals surface area contributed by atoms with Crippen molar-refractivity contribution in [2.45, 2.75) is 13.0 Å². The molecule has 0 spiro atoms. The van der Waals surface area contributed by atoms with Crippen molar-refractivity contribution < 1.29 is 9.53 Å². The lowest BCUT2D eigenvalue weighted by molar-refractivity contribution is 0.0720. The van der Waals surface area contributed by atoms with Crippen molar-refractivity contribution in [3.05, 3.63) is 58.3 Å². The molecular formula is C17H21BrN2O2. The van der Waals surface area contributed by atoms with Crippen LogP contribution in [0.25, 0.3) is 0 Å². The maximum Gasteiger partial charge on any atom is 0.254 e. The molecule has 118 valence electrons. The van der Waals surface area contributed by atoms with Crippen molar-refractivity contribution in [3.63, 3.8) is 0 Å². The highest BCUT2D eigenvalue weighted by atomic mass is 79.9. The van der Waals surface area contributed by atoms with Crippen LogP contribution in [0.4, 0.5) is 0 Å². The number of hydrogen-bond acceptors (Lipinski definition) is 2. The molecule has 0 bridgehead atoms. The number of carbonyl (C=O) groups is 1. The molecule has 1 aromatic heterocycles. The number of rotatable bonds is 7. The minimum absolute atomic E-state index is 0.0461. The van der Waals surface area contributed by atoms with Crippen molar-refractivity contribution in [1.29, 1.82) is 0 Å². The maximum atomic E-state index is 12.7. The summed E-state index contributed by atoms with van der Waals surface area (Å²) in [4.78, 5) is 14.6. The number of halogens is 1. The molecule has 0 saturated heterocycles. The van der Waals surface area contributed by atoms with Crippen LogP contribution in [0.15, 0.2) is 47.1 Å². The van der Waals surface area contributed by atoms with Crippen LogP contribution in [0.1, 0.15) is 22.5 Å². The molecule has 0 N–H and O–H groups in total. The van der Waals surface area contributed by atoms with Gasteiger partial charge in [0.15, 0.2) is 0 Å². The van der Waals surface area contributed by atoms with E-state index in [1.165, 1.54) is 0 Å². The number of benzene rings is 1. The van der Waals surface area contributed by atoms with Crippen molar-refractivity contribution in [2.24, 2.45) is 7.05 Å². The van der Waals surface area contributed by atoms with Gasteiger partial charge in [0.2, 0.25) is 0 Å². The van der Waals surface area contributed by atoms with Crippen LogP contribution in [0.5, 0.6) is 0 Å². The van der Waals surface area contributed by atoms with Crippen LogP contribution in [-0.4, -0.2) is 35.6 Å². The van der Waals surface area contributed by atoms with E-state index in [1.54, 1.807) is 7.11 Å². The minimum Gasteiger partial charge on any atom is -0.385 e. The summed E-state index contributed by atoms with van der Waals surface area (Å²) in [6.45, 7) is 1.92. The first-order valence-electron chi connectivity index (χ1n) is 7.26. The molecule has 5 heteroatoms. The summed E-state index contributed by atoms with van der Waals surface area (Å²) >= 11 is 3.40. The van der Waals surface area contributed by atoms with E-state index in [0.29, 0.717) is 25.3 Å². The number of hydrogen-bond donors (Lipinski definition) is 0. The molecule has 0 aliphatic heterocycles. The highest BCUT2D eigenvalue weighted by Crippen LogP contribution is 2.14. The smallest absolute Gasteiger partial charge is 0.254 e. The minimum atomic E-state index is 0.0461. The normalized spacial score (nSPS) is 10.7. The molecule has 2 rings (SSSR count). The van der Waals surface area contributed by atoms with E-state index >= 15 is 0 Å². The molecule has 1 heterocycles. The largest absolute Gasteiger partial charge is 0.385 e. The molecule has 1 amide bonds. The van der Waals surface area contributed by atoms with Crippen molar-refractivity contribution >= 4 is 21.8 Å². The number of ether oxygens (including phenoxy) is 1. The average Bonchev–Trinajstić information content (AvgIpc) is 2.92. The van der Waals surface area contributed by atoms with Gasteiger partial charge >= 0.3 is 0 Å². The van der Waals surface area contributed by atoms with Gasteiger partial charge in [-0.3, -0.25) is 4.79 Å². The zero-order valence-corrected chi connectivity index (χ0v) is 14.5. The number of methoxy groups -OCH3 is 1. The molecule has 2 aromatic rings. The molecule has 0 fully saturated rings. The van der Waals surface area contributed by atoms with Gasteiger partial charge < -0.3 is 14.2 Å². The predicted molar refractivity (Wildman–Crippen MR) is 90.8 cm³/mol. The molecule has 4 nitrogen and oxygen atoms in total. The Hall–Kier alpha value is -1.59. The van der Waals surface area contributed by atoms with Gasteiger partial charge in [-0.25, -0.2) is 0 Å². The lowest BCUT2D eigenvalue weighted by Gasteiger charge is -2.23. The first-order valence-corrected chi connectivity index (χ1v) is 8.05. The molecule has 0 atom stereocenters. The third-order valence-corrected chi connectivity index (χ3v) is 4.09. The highest BCUT2D eigenvalue weighted by Gasteiger charge is 2.16. The Balaban J connectivity index is 2.13. The zero-order chi connectivity index (χ0) is 15.9. The molecule has 0 aliphatic carbocycles. The van der Waals surface area contributed by atoms with E-state index in [9.17, 15) is 4.79 Å². The molecule has 0 radical (unpaired) electrons. The van der Waals surface area contributed by atoms with E-state index in [2.05, 4.69) is 15.9 Å². The topological polar surface area (TPSA) is 34.5 Å². The van der Waals surface area contributed by atoms with Gasteiger partial charge in [0, 0.05) is 49.2 Å². The highest BCUT2D eigenvalue weighted by molar-refractivity contribution is 9.10. The van der Waals surface area contributed by atoms with Gasteiger partial charge in [0.25, 0.3) is 5.91 Å². The molecule has 0 aliphatic rings. The zero-order valence-electron chi connectivity index (χ0n) is 13.0. The maximum absolute atomic E-state index is 12.7. The fourth-order valence-corrected chi connectivity index (χ4v) is 2.55. The van der Waals surface area contributed by atoms with Crippen LogP contribution in [-0.2, 0) is 18.3 Å². The second kappa shape index (κ2) is 8.15. The Bertz CT molecular complexity index is 607. The predicted octanol–water partition coefficient (Wildman–Crippen LogP) is 3.47. The van der Waals surface area contributed by atoms with Gasteiger partial charge in [0.1, 0.15) is 0 Å². The first-order chi connectivity index (χ1) is 10.6. The Kier molecular flexibility index (Phi) is 6.21. The fourth-order valence-electron chi connectivity index (χ4n) is 2.28. The summed E-state index contributed by atoms with van der Waals surface area (Å²) < 4.78 is 8.11. The van der Waals surface area contributed by atoms with Gasteiger partial charge in [0.05, 0.1) is 6.54 Å². The van der Waals surface area contributed by atoms with E-state index in [-0.39, 0.29) is 5.91 Å². The number of aryl methyl sites for hydroxylation is 1. The summed E-state index contributed by atoms with van der Waals surface area (Å²) in [6, 6.07) is 11.5. The summed E-state index contributed by atoms with van der Waals surface area (Å²) in [5, 5.41) is 0. The van der Waals surface area contributed by atoms with Crippen LogP contribution >= 0.6 is 15.9 Å². The van der Waals surface area contributed by atoms with E-state index in [0.717, 1.165) is 16.6 Å². The number of carbonyl (C=O) groups excluding carboxylic acids is 1. The van der Waals surface area contributed by atoms with Crippen LogP contribution in [0, 0.1) is 0 Å².